The minimum absolute atomic E-state index is 0.394. The van der Waals surface area contributed by atoms with Gasteiger partial charge in [-0.2, -0.15) is 11.8 Å². The van der Waals surface area contributed by atoms with Gasteiger partial charge < -0.3 is 9.80 Å². The predicted octanol–water partition coefficient (Wildman–Crippen LogP) is 2.46. The molecule has 0 aliphatic carbocycles. The second kappa shape index (κ2) is 8.15. The molecule has 19 heavy (non-hydrogen) atoms. The quantitative estimate of drug-likeness (QED) is 0.748. The zero-order valence-electron chi connectivity index (χ0n) is 12.3. The SMILES string of the molecule is CSC[C@@H]1CCCN(C(=O)CCCN2CCCC2)C1. The van der Waals surface area contributed by atoms with Gasteiger partial charge in [-0.15, -0.1) is 0 Å². The van der Waals surface area contributed by atoms with Crippen LogP contribution in [-0.2, 0) is 4.79 Å². The Morgan fingerprint density at radius 1 is 1.21 bits per heavy atom. The summed E-state index contributed by atoms with van der Waals surface area (Å²) >= 11 is 1.91. The van der Waals surface area contributed by atoms with Crippen LogP contribution in [0.4, 0.5) is 0 Å². The van der Waals surface area contributed by atoms with Gasteiger partial charge in [0.15, 0.2) is 0 Å². The summed E-state index contributed by atoms with van der Waals surface area (Å²) in [4.78, 5) is 16.8. The first-order valence-electron chi connectivity index (χ1n) is 7.78. The molecule has 2 heterocycles. The molecule has 0 radical (unpaired) electrons. The third-order valence-corrected chi connectivity index (χ3v) is 5.14. The lowest BCUT2D eigenvalue weighted by molar-refractivity contribution is -0.133. The molecule has 3 nitrogen and oxygen atoms in total. The summed E-state index contributed by atoms with van der Waals surface area (Å²) < 4.78 is 0. The van der Waals surface area contributed by atoms with Crippen LogP contribution in [0.2, 0.25) is 0 Å². The molecule has 0 aromatic heterocycles. The lowest BCUT2D eigenvalue weighted by Gasteiger charge is -2.32. The number of likely N-dealkylation sites (tertiary alicyclic amines) is 2. The third kappa shape index (κ3) is 4.99. The van der Waals surface area contributed by atoms with Gasteiger partial charge >= 0.3 is 0 Å². The molecule has 2 aliphatic heterocycles. The van der Waals surface area contributed by atoms with Crippen LogP contribution in [-0.4, -0.2) is 60.4 Å². The summed E-state index contributed by atoms with van der Waals surface area (Å²) in [5.74, 6) is 2.33. The largest absolute Gasteiger partial charge is 0.342 e. The molecule has 2 fully saturated rings. The fourth-order valence-corrected chi connectivity index (χ4v) is 4.03. The van der Waals surface area contributed by atoms with Crippen molar-refractivity contribution in [3.63, 3.8) is 0 Å². The summed E-state index contributed by atoms with van der Waals surface area (Å²) in [7, 11) is 0. The van der Waals surface area contributed by atoms with E-state index < -0.39 is 0 Å². The van der Waals surface area contributed by atoms with E-state index in [9.17, 15) is 4.79 Å². The van der Waals surface area contributed by atoms with Gasteiger partial charge in [-0.25, -0.2) is 0 Å². The first-order valence-corrected chi connectivity index (χ1v) is 9.18. The molecule has 2 aliphatic rings. The summed E-state index contributed by atoms with van der Waals surface area (Å²) in [5, 5.41) is 0. The van der Waals surface area contributed by atoms with Crippen molar-refractivity contribution in [3.8, 4) is 0 Å². The standard InChI is InChI=1S/C15H28N2OS/c1-19-13-14-6-4-11-17(12-14)15(18)7-5-10-16-8-2-3-9-16/h14H,2-13H2,1H3/t14-/m1/s1. The molecule has 1 atom stereocenters. The molecule has 0 N–H and O–H groups in total. The Morgan fingerprint density at radius 3 is 2.74 bits per heavy atom. The highest BCUT2D eigenvalue weighted by molar-refractivity contribution is 7.98. The van der Waals surface area contributed by atoms with Crippen LogP contribution < -0.4 is 0 Å². The topological polar surface area (TPSA) is 23.6 Å². The fourth-order valence-electron chi connectivity index (χ4n) is 3.28. The Bertz CT molecular complexity index is 277. The molecule has 2 rings (SSSR count). The molecule has 0 aromatic carbocycles. The van der Waals surface area contributed by atoms with Gasteiger partial charge in [-0.1, -0.05) is 0 Å². The molecule has 110 valence electrons. The van der Waals surface area contributed by atoms with Crippen molar-refractivity contribution in [2.75, 3.05) is 44.7 Å². The van der Waals surface area contributed by atoms with Crippen molar-refractivity contribution >= 4 is 17.7 Å². The van der Waals surface area contributed by atoms with Gasteiger partial charge in [0, 0.05) is 19.5 Å². The number of carbonyl (C=O) groups excluding carboxylic acids is 1. The molecular formula is C15H28N2OS. The Morgan fingerprint density at radius 2 is 2.00 bits per heavy atom. The number of hydrogen-bond donors (Lipinski definition) is 0. The average Bonchev–Trinajstić information content (AvgIpc) is 2.92. The van der Waals surface area contributed by atoms with E-state index in [-0.39, 0.29) is 0 Å². The first kappa shape index (κ1) is 15.2. The summed E-state index contributed by atoms with van der Waals surface area (Å²) in [5.41, 5.74) is 0. The van der Waals surface area contributed by atoms with Crippen LogP contribution >= 0.6 is 11.8 Å². The molecule has 0 unspecified atom stereocenters. The molecular weight excluding hydrogens is 256 g/mol. The van der Waals surface area contributed by atoms with Crippen LogP contribution in [0.25, 0.3) is 0 Å². The van der Waals surface area contributed by atoms with E-state index in [1.165, 1.54) is 44.5 Å². The van der Waals surface area contributed by atoms with Crippen LogP contribution in [0.15, 0.2) is 0 Å². The second-order valence-electron chi connectivity index (χ2n) is 5.96. The number of amides is 1. The van der Waals surface area contributed by atoms with Crippen LogP contribution in [0.1, 0.15) is 38.5 Å². The third-order valence-electron chi connectivity index (χ3n) is 4.34. The maximum atomic E-state index is 12.2. The van der Waals surface area contributed by atoms with E-state index in [0.29, 0.717) is 5.91 Å². The number of thioether (sulfide) groups is 1. The molecule has 4 heteroatoms. The highest BCUT2D eigenvalue weighted by atomic mass is 32.2. The minimum atomic E-state index is 0.394. The minimum Gasteiger partial charge on any atom is -0.342 e. The average molecular weight is 284 g/mol. The Balaban J connectivity index is 1.64. The zero-order valence-corrected chi connectivity index (χ0v) is 13.1. The van der Waals surface area contributed by atoms with E-state index in [1.807, 2.05) is 11.8 Å². The number of carbonyl (C=O) groups is 1. The van der Waals surface area contributed by atoms with Gasteiger partial charge in [0.25, 0.3) is 0 Å². The van der Waals surface area contributed by atoms with Crippen molar-refractivity contribution in [3.05, 3.63) is 0 Å². The maximum Gasteiger partial charge on any atom is 0.222 e. The van der Waals surface area contributed by atoms with Crippen molar-refractivity contribution in [1.29, 1.82) is 0 Å². The van der Waals surface area contributed by atoms with Gasteiger partial charge in [0.2, 0.25) is 5.91 Å². The summed E-state index contributed by atoms with van der Waals surface area (Å²) in [6, 6.07) is 0. The molecule has 0 saturated carbocycles. The van der Waals surface area contributed by atoms with E-state index in [1.54, 1.807) is 0 Å². The van der Waals surface area contributed by atoms with Crippen LogP contribution in [0.5, 0.6) is 0 Å². The Kier molecular flexibility index (Phi) is 6.51. The number of hydrogen-bond acceptors (Lipinski definition) is 3. The summed E-state index contributed by atoms with van der Waals surface area (Å²) in [6.07, 6.45) is 9.15. The smallest absolute Gasteiger partial charge is 0.222 e. The molecule has 0 spiro atoms. The van der Waals surface area contributed by atoms with E-state index >= 15 is 0 Å². The number of rotatable bonds is 6. The normalized spacial score (nSPS) is 24.9. The highest BCUT2D eigenvalue weighted by Crippen LogP contribution is 2.20. The fraction of sp³-hybridized carbons (Fsp3) is 0.933. The van der Waals surface area contributed by atoms with Crippen molar-refractivity contribution in [2.45, 2.75) is 38.5 Å². The molecule has 0 bridgehead atoms. The molecule has 2 saturated heterocycles. The predicted molar refractivity (Wildman–Crippen MR) is 82.6 cm³/mol. The second-order valence-corrected chi connectivity index (χ2v) is 6.87. The lowest BCUT2D eigenvalue weighted by Crippen LogP contribution is -2.40. The van der Waals surface area contributed by atoms with Crippen molar-refractivity contribution < 1.29 is 4.79 Å². The van der Waals surface area contributed by atoms with Crippen molar-refractivity contribution in [2.24, 2.45) is 5.92 Å². The number of nitrogens with zero attached hydrogens (tertiary/aromatic N) is 2. The maximum absolute atomic E-state index is 12.2. The number of piperidine rings is 1. The summed E-state index contributed by atoms with van der Waals surface area (Å²) in [6.45, 7) is 5.60. The first-order chi connectivity index (χ1) is 9.29. The van der Waals surface area contributed by atoms with Gasteiger partial charge in [-0.3, -0.25) is 4.79 Å². The van der Waals surface area contributed by atoms with Gasteiger partial charge in [-0.05, 0) is 69.7 Å². The van der Waals surface area contributed by atoms with Crippen LogP contribution in [0.3, 0.4) is 0 Å². The Hall–Kier alpha value is -0.220. The molecule has 1 amide bonds. The van der Waals surface area contributed by atoms with Gasteiger partial charge in [0.05, 0.1) is 0 Å². The zero-order chi connectivity index (χ0) is 13.5. The highest BCUT2D eigenvalue weighted by Gasteiger charge is 2.23. The molecule has 0 aromatic rings. The monoisotopic (exact) mass is 284 g/mol. The Labute approximate surface area is 122 Å². The van der Waals surface area contributed by atoms with E-state index in [0.717, 1.165) is 38.4 Å². The van der Waals surface area contributed by atoms with Gasteiger partial charge in [0.1, 0.15) is 0 Å². The van der Waals surface area contributed by atoms with E-state index in [4.69, 9.17) is 0 Å². The van der Waals surface area contributed by atoms with Crippen molar-refractivity contribution in [1.82, 2.24) is 9.80 Å². The van der Waals surface area contributed by atoms with E-state index in [2.05, 4.69) is 16.1 Å². The lowest BCUT2D eigenvalue weighted by atomic mass is 9.99. The van der Waals surface area contributed by atoms with Crippen LogP contribution in [0, 0.1) is 5.92 Å².